The maximum Gasteiger partial charge on any atom is 0.281 e. The fraction of sp³-hybridized carbons (Fsp3) is 0.316. The molecule has 1 aromatic carbocycles. The van der Waals surface area contributed by atoms with E-state index < -0.39 is 15.6 Å². The summed E-state index contributed by atoms with van der Waals surface area (Å²) in [4.78, 5) is 17.3. The summed E-state index contributed by atoms with van der Waals surface area (Å²) in [6, 6.07) is 8.37. The number of nitrogens with one attached hydrogen (secondary N) is 1. The van der Waals surface area contributed by atoms with Crippen LogP contribution < -0.4 is 10.9 Å². The van der Waals surface area contributed by atoms with E-state index in [0.717, 1.165) is 28.7 Å². The Kier molecular flexibility index (Phi) is 5.32. The van der Waals surface area contributed by atoms with Crippen molar-refractivity contribution in [2.24, 2.45) is 0 Å². The summed E-state index contributed by atoms with van der Waals surface area (Å²) < 4.78 is 26.9. The predicted octanol–water partition coefficient (Wildman–Crippen LogP) is 3.32. The number of fused-ring (bicyclic) bond motifs is 1. The highest BCUT2D eigenvalue weighted by Crippen LogP contribution is 2.37. The molecular weight excluding hydrogens is 446 g/mol. The molecule has 156 valence electrons. The molecule has 30 heavy (non-hydrogen) atoms. The lowest BCUT2D eigenvalue weighted by atomic mass is 10.1. The van der Waals surface area contributed by atoms with Crippen molar-refractivity contribution in [3.05, 3.63) is 51.4 Å². The summed E-state index contributed by atoms with van der Waals surface area (Å²) in [7, 11) is -3.38. The van der Waals surface area contributed by atoms with Gasteiger partial charge in [0.2, 0.25) is 10.0 Å². The zero-order valence-corrected chi connectivity index (χ0v) is 18.6. The van der Waals surface area contributed by atoms with Gasteiger partial charge in [-0.2, -0.15) is 9.57 Å². The van der Waals surface area contributed by atoms with Gasteiger partial charge in [0.15, 0.2) is 5.56 Å². The molecule has 1 N–H and O–H groups in total. The highest BCUT2D eigenvalue weighted by molar-refractivity contribution is 7.88. The first-order valence-corrected chi connectivity index (χ1v) is 12.2. The van der Waals surface area contributed by atoms with Crippen LogP contribution in [0.3, 0.4) is 0 Å². The molecule has 2 aromatic heterocycles. The quantitative estimate of drug-likeness (QED) is 0.635. The summed E-state index contributed by atoms with van der Waals surface area (Å²) in [5.74, 6) is 0. The number of sulfonamides is 1. The second-order valence-electron chi connectivity index (χ2n) is 7.13. The van der Waals surface area contributed by atoms with Gasteiger partial charge >= 0.3 is 0 Å². The number of hydrogen-bond donors (Lipinski definition) is 1. The van der Waals surface area contributed by atoms with E-state index in [1.165, 1.54) is 8.26 Å². The number of rotatable bonds is 4. The normalized spacial score (nSPS) is 19.8. The number of aromatic nitrogens is 2. The first kappa shape index (κ1) is 20.8. The third-order valence-corrected chi connectivity index (χ3v) is 8.10. The summed E-state index contributed by atoms with van der Waals surface area (Å²) in [6.45, 7) is 2.11. The van der Waals surface area contributed by atoms with Gasteiger partial charge in [-0.25, -0.2) is 8.42 Å². The Morgan fingerprint density at radius 2 is 2.13 bits per heavy atom. The molecule has 8 nitrogen and oxygen atoms in total. The number of benzene rings is 1. The largest absolute Gasteiger partial charge is 0.343 e. The molecule has 0 aliphatic carbocycles. The molecule has 1 unspecified atom stereocenters. The molecule has 1 aliphatic heterocycles. The third kappa shape index (κ3) is 3.48. The van der Waals surface area contributed by atoms with Gasteiger partial charge in [-0.15, -0.1) is 0 Å². The van der Waals surface area contributed by atoms with Crippen molar-refractivity contribution in [1.29, 1.82) is 5.26 Å². The number of halogens is 1. The van der Waals surface area contributed by atoms with Crippen LogP contribution in [-0.4, -0.2) is 40.5 Å². The minimum Gasteiger partial charge on any atom is -0.343 e. The minimum atomic E-state index is -3.38. The van der Waals surface area contributed by atoms with Crippen molar-refractivity contribution in [3.8, 4) is 6.07 Å². The van der Waals surface area contributed by atoms with E-state index in [4.69, 9.17) is 11.6 Å². The maximum atomic E-state index is 12.9. The van der Waals surface area contributed by atoms with E-state index in [0.29, 0.717) is 28.7 Å². The molecule has 2 atom stereocenters. The summed E-state index contributed by atoms with van der Waals surface area (Å²) in [5.41, 5.74) is 0.820. The van der Waals surface area contributed by atoms with E-state index in [-0.39, 0.29) is 17.6 Å². The lowest BCUT2D eigenvalue weighted by Crippen LogP contribution is -2.36. The molecule has 0 radical (unpaired) electrons. The molecule has 3 aromatic rings. The molecule has 0 amide bonds. The van der Waals surface area contributed by atoms with Gasteiger partial charge in [0.1, 0.15) is 11.1 Å². The molecule has 1 saturated heterocycles. The standard InChI is InChI=1S/C19H18ClN5O3S2/c1-11-16(7-9-24(11)30(2,27)28)25-19(26)13(10-21)18(29-25)23-17-12-4-3-8-22-15(12)6-5-14(17)20/h3-6,8,11,16,23H,7,9H2,1-2H3/t11-,16?/m1/s1. The smallest absolute Gasteiger partial charge is 0.281 e. The van der Waals surface area contributed by atoms with Crippen molar-refractivity contribution < 1.29 is 8.42 Å². The Hall–Kier alpha value is -2.45. The second-order valence-corrected chi connectivity index (χ2v) is 10.5. The lowest BCUT2D eigenvalue weighted by Gasteiger charge is -2.22. The van der Waals surface area contributed by atoms with E-state index in [1.54, 1.807) is 31.3 Å². The predicted molar refractivity (Wildman–Crippen MR) is 118 cm³/mol. The van der Waals surface area contributed by atoms with Crippen molar-refractivity contribution in [1.82, 2.24) is 13.2 Å². The average Bonchev–Trinajstić information content (AvgIpc) is 3.23. The Bertz CT molecular complexity index is 1340. The molecule has 3 heterocycles. The number of anilines is 2. The van der Waals surface area contributed by atoms with Crippen LogP contribution in [0.1, 0.15) is 24.9 Å². The number of hydrogen-bond acceptors (Lipinski definition) is 7. The Balaban J connectivity index is 1.77. The van der Waals surface area contributed by atoms with Crippen LogP contribution in [0.25, 0.3) is 10.9 Å². The van der Waals surface area contributed by atoms with Crippen LogP contribution >= 0.6 is 23.1 Å². The van der Waals surface area contributed by atoms with Gasteiger partial charge in [-0.3, -0.25) is 13.7 Å². The van der Waals surface area contributed by atoms with Gasteiger partial charge in [-0.1, -0.05) is 11.6 Å². The van der Waals surface area contributed by atoms with Crippen molar-refractivity contribution in [2.75, 3.05) is 18.1 Å². The Morgan fingerprint density at radius 3 is 2.80 bits per heavy atom. The average molecular weight is 464 g/mol. The first-order valence-electron chi connectivity index (χ1n) is 9.15. The van der Waals surface area contributed by atoms with Gasteiger partial charge in [0, 0.05) is 24.2 Å². The van der Waals surface area contributed by atoms with E-state index in [1.807, 2.05) is 12.1 Å². The molecule has 11 heteroatoms. The van der Waals surface area contributed by atoms with Crippen LogP contribution in [0.4, 0.5) is 10.7 Å². The van der Waals surface area contributed by atoms with Crippen LogP contribution in [-0.2, 0) is 10.0 Å². The third-order valence-electron chi connectivity index (χ3n) is 5.30. The fourth-order valence-corrected chi connectivity index (χ4v) is 6.39. The Morgan fingerprint density at radius 1 is 1.37 bits per heavy atom. The zero-order valence-electron chi connectivity index (χ0n) is 16.2. The first-order chi connectivity index (χ1) is 14.2. The molecule has 0 saturated carbocycles. The van der Waals surface area contributed by atoms with E-state index in [2.05, 4.69) is 10.3 Å². The van der Waals surface area contributed by atoms with Crippen LogP contribution in [0.15, 0.2) is 35.3 Å². The van der Waals surface area contributed by atoms with Gasteiger partial charge in [0.05, 0.1) is 28.5 Å². The molecule has 0 spiro atoms. The van der Waals surface area contributed by atoms with E-state index in [9.17, 15) is 18.5 Å². The van der Waals surface area contributed by atoms with Crippen LogP contribution in [0.5, 0.6) is 0 Å². The van der Waals surface area contributed by atoms with Crippen molar-refractivity contribution in [3.63, 3.8) is 0 Å². The second kappa shape index (κ2) is 7.67. The van der Waals surface area contributed by atoms with E-state index >= 15 is 0 Å². The molecule has 0 bridgehead atoms. The molecule has 1 aliphatic rings. The van der Waals surface area contributed by atoms with Gasteiger partial charge in [-0.05, 0) is 49.1 Å². The van der Waals surface area contributed by atoms with Crippen LogP contribution in [0, 0.1) is 11.3 Å². The maximum absolute atomic E-state index is 12.9. The Labute approximate surface area is 182 Å². The van der Waals surface area contributed by atoms with Gasteiger partial charge in [0.25, 0.3) is 5.56 Å². The number of pyridine rings is 1. The lowest BCUT2D eigenvalue weighted by molar-refractivity contribution is 0.364. The fourth-order valence-electron chi connectivity index (χ4n) is 3.84. The monoisotopic (exact) mass is 463 g/mol. The molecule has 1 fully saturated rings. The molecule has 4 rings (SSSR count). The topological polar surface area (TPSA) is 108 Å². The highest BCUT2D eigenvalue weighted by atomic mass is 35.5. The summed E-state index contributed by atoms with van der Waals surface area (Å²) in [6.07, 6.45) is 3.33. The SMILES string of the molecule is C[C@@H]1C(n2sc(Nc3c(Cl)ccc4ncccc34)c(C#N)c2=O)CCN1S(C)(=O)=O. The highest BCUT2D eigenvalue weighted by Gasteiger charge is 2.39. The minimum absolute atomic E-state index is 0.0260. The summed E-state index contributed by atoms with van der Waals surface area (Å²) >= 11 is 7.49. The van der Waals surface area contributed by atoms with Crippen LogP contribution in [0.2, 0.25) is 5.02 Å². The van der Waals surface area contributed by atoms with Crippen molar-refractivity contribution in [2.45, 2.75) is 25.4 Å². The number of nitriles is 1. The number of nitrogens with zero attached hydrogens (tertiary/aromatic N) is 4. The van der Waals surface area contributed by atoms with Gasteiger partial charge < -0.3 is 5.32 Å². The molecular formula is C19H18ClN5O3S2. The zero-order chi connectivity index (χ0) is 21.6. The van der Waals surface area contributed by atoms with Crippen molar-refractivity contribution >= 4 is 54.7 Å². The summed E-state index contributed by atoms with van der Waals surface area (Å²) in [5, 5.41) is 14.3.